The van der Waals surface area contributed by atoms with Crippen LogP contribution in [0.1, 0.15) is 10.6 Å². The van der Waals surface area contributed by atoms with Gasteiger partial charge in [0.15, 0.2) is 0 Å². The van der Waals surface area contributed by atoms with E-state index < -0.39 is 4.92 Å². The molecule has 0 fully saturated rings. The molecule has 0 spiro atoms. The van der Waals surface area contributed by atoms with E-state index in [1.54, 1.807) is 29.0 Å². The number of anilines is 1. The van der Waals surface area contributed by atoms with Crippen molar-refractivity contribution in [2.45, 2.75) is 13.5 Å². The number of aryl methyl sites for hydroxylation is 1. The molecule has 18 heavy (non-hydrogen) atoms. The highest BCUT2D eigenvalue weighted by atomic mass is 79.9. The maximum absolute atomic E-state index is 10.8. The molecule has 1 aromatic heterocycles. The van der Waals surface area contributed by atoms with Gasteiger partial charge in [0.2, 0.25) is 0 Å². The maximum Gasteiger partial charge on any atom is 0.285 e. The van der Waals surface area contributed by atoms with Crippen molar-refractivity contribution >= 4 is 38.6 Å². The van der Waals surface area contributed by atoms with Crippen LogP contribution in [-0.4, -0.2) is 9.91 Å². The average molecular weight is 328 g/mol. The molecule has 7 heteroatoms. The van der Waals surface area contributed by atoms with Crippen LogP contribution in [0.3, 0.4) is 0 Å². The number of hydrogen-bond donors (Lipinski definition) is 1. The normalized spacial score (nSPS) is 10.3. The van der Waals surface area contributed by atoms with E-state index >= 15 is 0 Å². The first-order valence-corrected chi connectivity index (χ1v) is 6.82. The van der Waals surface area contributed by atoms with E-state index in [1.165, 1.54) is 6.07 Å². The first-order valence-electron chi connectivity index (χ1n) is 5.14. The number of nitro groups is 1. The summed E-state index contributed by atoms with van der Waals surface area (Å²) in [6.07, 6.45) is 0. The fraction of sp³-hybridized carbons (Fsp3) is 0.182. The van der Waals surface area contributed by atoms with E-state index in [-0.39, 0.29) is 5.69 Å². The van der Waals surface area contributed by atoms with E-state index in [4.69, 9.17) is 0 Å². The molecule has 1 aromatic carbocycles. The summed E-state index contributed by atoms with van der Waals surface area (Å²) in [5.41, 5.74) is 3.55. The Bertz CT molecular complexity index is 585. The van der Waals surface area contributed by atoms with E-state index in [9.17, 15) is 10.1 Å². The van der Waals surface area contributed by atoms with Gasteiger partial charge in [-0.1, -0.05) is 0 Å². The summed E-state index contributed by atoms with van der Waals surface area (Å²) in [4.78, 5) is 15.7. The number of rotatable bonds is 4. The number of aromatic nitrogens is 1. The Morgan fingerprint density at radius 3 is 2.94 bits per heavy atom. The third kappa shape index (κ3) is 2.85. The second-order valence-electron chi connectivity index (χ2n) is 3.64. The lowest BCUT2D eigenvalue weighted by Gasteiger charge is -2.05. The monoisotopic (exact) mass is 327 g/mol. The third-order valence-corrected chi connectivity index (χ3v) is 4.05. The molecule has 0 aliphatic heterocycles. The van der Waals surface area contributed by atoms with Gasteiger partial charge in [-0.15, -0.1) is 11.3 Å². The van der Waals surface area contributed by atoms with Gasteiger partial charge in [-0.3, -0.25) is 10.1 Å². The van der Waals surface area contributed by atoms with Gasteiger partial charge >= 0.3 is 0 Å². The van der Waals surface area contributed by atoms with Crippen LogP contribution in [0.2, 0.25) is 0 Å². The molecule has 0 bridgehead atoms. The molecular weight excluding hydrogens is 318 g/mol. The molecule has 0 aliphatic carbocycles. The molecule has 0 aliphatic rings. The van der Waals surface area contributed by atoms with Crippen molar-refractivity contribution in [2.75, 3.05) is 5.32 Å². The lowest BCUT2D eigenvalue weighted by atomic mass is 10.2. The molecule has 0 atom stereocenters. The molecule has 0 unspecified atom stereocenters. The first kappa shape index (κ1) is 13.0. The number of benzene rings is 1. The third-order valence-electron chi connectivity index (χ3n) is 2.44. The summed E-state index contributed by atoms with van der Waals surface area (Å²) < 4.78 is 0.479. The smallest absolute Gasteiger partial charge is 0.285 e. The zero-order valence-electron chi connectivity index (χ0n) is 9.51. The van der Waals surface area contributed by atoms with Crippen LogP contribution in [0, 0.1) is 17.0 Å². The summed E-state index contributed by atoms with van der Waals surface area (Å²) in [6, 6.07) is 4.98. The van der Waals surface area contributed by atoms with Gasteiger partial charge in [-0.05, 0) is 35.0 Å². The topological polar surface area (TPSA) is 68.1 Å². The van der Waals surface area contributed by atoms with Crippen LogP contribution in [0.5, 0.6) is 0 Å². The summed E-state index contributed by atoms with van der Waals surface area (Å²) in [5.74, 6) is 0. The van der Waals surface area contributed by atoms with Crippen LogP contribution >= 0.6 is 27.3 Å². The zero-order valence-corrected chi connectivity index (χ0v) is 11.9. The molecule has 0 saturated heterocycles. The molecule has 2 aromatic rings. The Labute approximate surface area is 116 Å². The highest BCUT2D eigenvalue weighted by Crippen LogP contribution is 2.28. The SMILES string of the molecule is Cc1ncsc1CNc1ccc(Br)c([N+](=O)[O-])c1. The number of nitrogens with zero attached hydrogens (tertiary/aromatic N) is 2. The molecule has 5 nitrogen and oxygen atoms in total. The lowest BCUT2D eigenvalue weighted by Crippen LogP contribution is -2.00. The second-order valence-corrected chi connectivity index (χ2v) is 5.43. The number of thiazole rings is 1. The van der Waals surface area contributed by atoms with E-state index in [0.717, 1.165) is 16.3 Å². The Balaban J connectivity index is 2.13. The molecule has 2 rings (SSSR count). The minimum Gasteiger partial charge on any atom is -0.380 e. The predicted molar refractivity (Wildman–Crippen MR) is 75.0 cm³/mol. The fourth-order valence-electron chi connectivity index (χ4n) is 1.44. The largest absolute Gasteiger partial charge is 0.380 e. The highest BCUT2D eigenvalue weighted by Gasteiger charge is 2.12. The Morgan fingerprint density at radius 2 is 2.33 bits per heavy atom. The minimum absolute atomic E-state index is 0.0565. The molecular formula is C11H10BrN3O2S. The molecule has 0 amide bonds. The summed E-state index contributed by atoms with van der Waals surface area (Å²) >= 11 is 4.72. The van der Waals surface area contributed by atoms with Crippen LogP contribution < -0.4 is 5.32 Å². The molecule has 1 N–H and O–H groups in total. The van der Waals surface area contributed by atoms with Crippen LogP contribution in [0.25, 0.3) is 0 Å². The predicted octanol–water partition coefficient (Wildman–Crippen LogP) is 3.73. The zero-order chi connectivity index (χ0) is 13.1. The highest BCUT2D eigenvalue weighted by molar-refractivity contribution is 9.10. The van der Waals surface area contributed by atoms with E-state index in [1.807, 2.05) is 6.92 Å². The number of nitro benzene ring substituents is 1. The van der Waals surface area contributed by atoms with Crippen molar-refractivity contribution in [2.24, 2.45) is 0 Å². The minimum atomic E-state index is -0.410. The van der Waals surface area contributed by atoms with E-state index in [0.29, 0.717) is 11.0 Å². The van der Waals surface area contributed by atoms with Crippen molar-refractivity contribution < 1.29 is 4.92 Å². The summed E-state index contributed by atoms with van der Waals surface area (Å²) in [6.45, 7) is 2.56. The maximum atomic E-state index is 10.8. The summed E-state index contributed by atoms with van der Waals surface area (Å²) in [7, 11) is 0. The average Bonchev–Trinajstić information content (AvgIpc) is 2.73. The number of nitrogens with one attached hydrogen (secondary N) is 1. The first-order chi connectivity index (χ1) is 8.58. The van der Waals surface area contributed by atoms with Crippen LogP contribution in [0.4, 0.5) is 11.4 Å². The Morgan fingerprint density at radius 1 is 1.56 bits per heavy atom. The van der Waals surface area contributed by atoms with Gasteiger partial charge < -0.3 is 5.32 Å². The summed E-state index contributed by atoms with van der Waals surface area (Å²) in [5, 5.41) is 14.0. The quantitative estimate of drug-likeness (QED) is 0.686. The number of halogens is 1. The van der Waals surface area contributed by atoms with Crippen LogP contribution in [0.15, 0.2) is 28.2 Å². The van der Waals surface area contributed by atoms with Crippen molar-refractivity contribution in [1.82, 2.24) is 4.98 Å². The molecule has 94 valence electrons. The van der Waals surface area contributed by atoms with Crippen molar-refractivity contribution in [3.05, 3.63) is 48.9 Å². The van der Waals surface area contributed by atoms with Gasteiger partial charge in [0.25, 0.3) is 5.69 Å². The lowest BCUT2D eigenvalue weighted by molar-refractivity contribution is -0.385. The molecule has 0 saturated carbocycles. The van der Waals surface area contributed by atoms with Gasteiger partial charge in [0.05, 0.1) is 27.1 Å². The van der Waals surface area contributed by atoms with Gasteiger partial charge in [0.1, 0.15) is 0 Å². The van der Waals surface area contributed by atoms with Crippen molar-refractivity contribution in [3.63, 3.8) is 0 Å². The molecule has 0 radical (unpaired) electrons. The second kappa shape index (κ2) is 5.45. The number of hydrogen-bond acceptors (Lipinski definition) is 5. The van der Waals surface area contributed by atoms with Gasteiger partial charge in [0, 0.05) is 16.6 Å². The molecule has 1 heterocycles. The standard InChI is InChI=1S/C11H10BrN3O2S/c1-7-11(18-6-14-7)5-13-8-2-3-9(12)10(4-8)15(16)17/h2-4,6,13H,5H2,1H3. The van der Waals surface area contributed by atoms with E-state index in [2.05, 4.69) is 26.2 Å². The Hall–Kier alpha value is -1.47. The van der Waals surface area contributed by atoms with Crippen molar-refractivity contribution in [3.8, 4) is 0 Å². The Kier molecular flexibility index (Phi) is 3.93. The van der Waals surface area contributed by atoms with Crippen molar-refractivity contribution in [1.29, 1.82) is 0 Å². The van der Waals surface area contributed by atoms with Crippen LogP contribution in [-0.2, 0) is 6.54 Å². The van der Waals surface area contributed by atoms with Gasteiger partial charge in [-0.25, -0.2) is 4.98 Å². The van der Waals surface area contributed by atoms with Gasteiger partial charge in [-0.2, -0.15) is 0 Å². The fourth-order valence-corrected chi connectivity index (χ4v) is 2.55.